The van der Waals surface area contributed by atoms with Gasteiger partial charge in [-0.1, -0.05) is 29.8 Å². The molecule has 0 aliphatic carbocycles. The molecule has 1 unspecified atom stereocenters. The number of para-hydroxylation sites is 1. The van der Waals surface area contributed by atoms with E-state index in [0.717, 1.165) is 22.7 Å². The van der Waals surface area contributed by atoms with E-state index in [9.17, 15) is 13.2 Å². The van der Waals surface area contributed by atoms with Gasteiger partial charge in [-0.05, 0) is 36.1 Å². The Morgan fingerprint density at radius 3 is 2.59 bits per heavy atom. The molecule has 3 aromatic rings. The quantitative estimate of drug-likeness (QED) is 0.529. The monoisotopic (exact) mass is 410 g/mol. The summed E-state index contributed by atoms with van der Waals surface area (Å²) in [6, 6.07) is 10.1. The second kappa shape index (κ2) is 6.51. The Labute approximate surface area is 162 Å². The number of aryl methyl sites for hydroxylation is 1. The van der Waals surface area contributed by atoms with Crippen molar-refractivity contribution in [3.8, 4) is 11.3 Å². The van der Waals surface area contributed by atoms with E-state index in [1.165, 1.54) is 0 Å². The van der Waals surface area contributed by atoms with Gasteiger partial charge in [0.05, 0.1) is 21.2 Å². The third-order valence-electron chi connectivity index (χ3n) is 4.35. The largest absolute Gasteiger partial charge is 0.417 e. The number of benzene rings is 1. The Kier molecular flexibility index (Phi) is 4.41. The number of pyridine rings is 1. The van der Waals surface area contributed by atoms with Crippen LogP contribution in [0.25, 0.3) is 11.3 Å². The summed E-state index contributed by atoms with van der Waals surface area (Å²) in [5, 5.41) is 5.32. The zero-order valence-electron chi connectivity index (χ0n) is 14.1. The van der Waals surface area contributed by atoms with E-state index in [2.05, 4.69) is 10.3 Å². The summed E-state index contributed by atoms with van der Waals surface area (Å²) in [6.07, 6.45) is -3.69. The number of ether oxygens (including phenoxy) is 1. The van der Waals surface area contributed by atoms with Gasteiger partial charge in [-0.3, -0.25) is 4.98 Å². The molecule has 0 amide bonds. The van der Waals surface area contributed by atoms with E-state index in [0.29, 0.717) is 17.9 Å². The van der Waals surface area contributed by atoms with Crippen molar-refractivity contribution in [3.63, 3.8) is 0 Å². The molecule has 1 aliphatic rings. The van der Waals surface area contributed by atoms with Crippen LogP contribution in [0, 0.1) is 6.92 Å². The summed E-state index contributed by atoms with van der Waals surface area (Å²) >= 11 is 7.73. The Hall–Kier alpha value is -2.09. The fourth-order valence-electron chi connectivity index (χ4n) is 2.93. The average Bonchev–Trinajstić information content (AvgIpc) is 3.25. The number of anilines is 1. The van der Waals surface area contributed by atoms with Crippen LogP contribution in [0.15, 0.2) is 48.0 Å². The van der Waals surface area contributed by atoms with E-state index in [4.69, 9.17) is 16.3 Å². The third kappa shape index (κ3) is 3.42. The summed E-state index contributed by atoms with van der Waals surface area (Å²) < 4.78 is 44.3. The molecule has 0 spiro atoms. The number of nitrogens with zero attached hydrogens (tertiary/aromatic N) is 1. The maximum Gasteiger partial charge on any atom is 0.417 e. The molecule has 2 aromatic heterocycles. The predicted molar refractivity (Wildman–Crippen MR) is 100.0 cm³/mol. The van der Waals surface area contributed by atoms with Crippen molar-refractivity contribution in [2.75, 3.05) is 11.9 Å². The third-order valence-corrected chi connectivity index (χ3v) is 5.80. The van der Waals surface area contributed by atoms with Gasteiger partial charge in [-0.2, -0.15) is 13.2 Å². The smallest absolute Gasteiger partial charge is 0.351 e. The lowest BCUT2D eigenvalue weighted by Crippen LogP contribution is -2.20. The molecule has 1 N–H and O–H groups in total. The van der Waals surface area contributed by atoms with Crippen LogP contribution in [-0.2, 0) is 16.6 Å². The van der Waals surface area contributed by atoms with Crippen molar-refractivity contribution in [2.45, 2.75) is 18.8 Å². The minimum Gasteiger partial charge on any atom is -0.351 e. The van der Waals surface area contributed by atoms with Crippen LogP contribution in [0.1, 0.15) is 16.0 Å². The maximum absolute atomic E-state index is 12.9. The summed E-state index contributed by atoms with van der Waals surface area (Å²) in [5.41, 5.74) is 1.21. The molecule has 1 fully saturated rings. The molecular formula is C19H14ClF3N2OS. The lowest BCUT2D eigenvalue weighted by Gasteiger charge is -2.19. The molecule has 8 heteroatoms. The van der Waals surface area contributed by atoms with Crippen LogP contribution < -0.4 is 5.32 Å². The van der Waals surface area contributed by atoms with Crippen LogP contribution in [-0.4, -0.2) is 11.6 Å². The molecule has 27 heavy (non-hydrogen) atoms. The summed E-state index contributed by atoms with van der Waals surface area (Å²) in [5.74, 6) is 0. The molecule has 1 saturated heterocycles. The normalized spacial score (nSPS) is 19.1. The SMILES string of the molecule is Cc1ccsc1C1(Nc2ccccc2-c2ncc(C(F)(F)F)cc2Cl)CO1. The highest BCUT2D eigenvalue weighted by atomic mass is 35.5. The average molecular weight is 411 g/mol. The number of nitrogens with one attached hydrogen (secondary N) is 1. The number of epoxide rings is 1. The minimum absolute atomic E-state index is 0.0582. The summed E-state index contributed by atoms with van der Waals surface area (Å²) in [7, 11) is 0. The van der Waals surface area contributed by atoms with Crippen molar-refractivity contribution in [3.05, 3.63) is 69.0 Å². The Bertz CT molecular complexity index is 999. The first-order valence-electron chi connectivity index (χ1n) is 8.09. The molecule has 1 aliphatic heterocycles. The predicted octanol–water partition coefficient (Wildman–Crippen LogP) is 6.09. The molecule has 3 heterocycles. The number of hydrogen-bond donors (Lipinski definition) is 1. The molecule has 140 valence electrons. The van der Waals surface area contributed by atoms with E-state index in [1.807, 2.05) is 30.5 Å². The van der Waals surface area contributed by atoms with Gasteiger partial charge in [0.2, 0.25) is 0 Å². The number of hydrogen-bond acceptors (Lipinski definition) is 4. The van der Waals surface area contributed by atoms with Gasteiger partial charge in [-0.25, -0.2) is 0 Å². The highest BCUT2D eigenvalue weighted by molar-refractivity contribution is 7.10. The van der Waals surface area contributed by atoms with Gasteiger partial charge in [0.1, 0.15) is 6.61 Å². The van der Waals surface area contributed by atoms with Gasteiger partial charge in [0.25, 0.3) is 0 Å². The van der Waals surface area contributed by atoms with Gasteiger partial charge >= 0.3 is 6.18 Å². The van der Waals surface area contributed by atoms with Crippen molar-refractivity contribution >= 4 is 28.6 Å². The number of thiophene rings is 1. The van der Waals surface area contributed by atoms with Crippen LogP contribution in [0.2, 0.25) is 5.02 Å². The number of alkyl halides is 3. The molecule has 0 radical (unpaired) electrons. The van der Waals surface area contributed by atoms with Gasteiger partial charge in [-0.15, -0.1) is 11.3 Å². The number of rotatable bonds is 4. The zero-order valence-corrected chi connectivity index (χ0v) is 15.7. The highest BCUT2D eigenvalue weighted by Crippen LogP contribution is 2.45. The fraction of sp³-hybridized carbons (Fsp3) is 0.211. The fourth-order valence-corrected chi connectivity index (χ4v) is 4.22. The van der Waals surface area contributed by atoms with Crippen LogP contribution in [0.3, 0.4) is 0 Å². The Morgan fingerprint density at radius 2 is 2.00 bits per heavy atom. The lowest BCUT2D eigenvalue weighted by atomic mass is 10.1. The number of aromatic nitrogens is 1. The second-order valence-electron chi connectivity index (χ2n) is 6.27. The first-order valence-corrected chi connectivity index (χ1v) is 9.35. The molecule has 1 atom stereocenters. The Morgan fingerprint density at radius 1 is 1.26 bits per heavy atom. The van der Waals surface area contributed by atoms with E-state index in [1.54, 1.807) is 23.5 Å². The topological polar surface area (TPSA) is 37.5 Å². The molecule has 1 aromatic carbocycles. The van der Waals surface area contributed by atoms with Gasteiger partial charge < -0.3 is 10.1 Å². The van der Waals surface area contributed by atoms with Gasteiger partial charge in [0, 0.05) is 17.4 Å². The highest BCUT2D eigenvalue weighted by Gasteiger charge is 2.49. The van der Waals surface area contributed by atoms with Crippen molar-refractivity contribution in [2.24, 2.45) is 0 Å². The molecular weight excluding hydrogens is 397 g/mol. The maximum atomic E-state index is 12.9. The molecule has 4 rings (SSSR count). The van der Waals surface area contributed by atoms with Crippen molar-refractivity contribution in [1.82, 2.24) is 4.98 Å². The molecule has 0 bridgehead atoms. The first kappa shape index (κ1) is 18.3. The summed E-state index contributed by atoms with van der Waals surface area (Å²) in [4.78, 5) is 5.05. The number of halogens is 4. The van der Waals surface area contributed by atoms with Crippen molar-refractivity contribution in [1.29, 1.82) is 0 Å². The Balaban J connectivity index is 1.72. The molecule has 3 nitrogen and oxygen atoms in total. The molecule has 0 saturated carbocycles. The zero-order chi connectivity index (χ0) is 19.2. The standard InChI is InChI=1S/C19H14ClF3N2OS/c1-11-6-7-27-17(11)18(10-26-18)25-15-5-3-2-4-13(15)16-14(20)8-12(9-24-16)19(21,22)23/h2-9,25H,10H2,1H3. The lowest BCUT2D eigenvalue weighted by molar-refractivity contribution is -0.137. The van der Waals surface area contributed by atoms with Gasteiger partial charge in [0.15, 0.2) is 5.72 Å². The minimum atomic E-state index is -4.49. The van der Waals surface area contributed by atoms with Crippen molar-refractivity contribution < 1.29 is 17.9 Å². The van der Waals surface area contributed by atoms with E-state index < -0.39 is 17.5 Å². The van der Waals surface area contributed by atoms with Crippen LogP contribution >= 0.6 is 22.9 Å². The second-order valence-corrected chi connectivity index (χ2v) is 7.59. The van der Waals surface area contributed by atoms with E-state index in [-0.39, 0.29) is 10.7 Å². The van der Waals surface area contributed by atoms with E-state index >= 15 is 0 Å². The first-order chi connectivity index (χ1) is 12.8. The van der Waals surface area contributed by atoms with Crippen LogP contribution in [0.5, 0.6) is 0 Å². The van der Waals surface area contributed by atoms with Crippen LogP contribution in [0.4, 0.5) is 18.9 Å². The summed E-state index contributed by atoms with van der Waals surface area (Å²) in [6.45, 7) is 2.52.